The Kier molecular flexibility index (Phi) is 4.40. The van der Waals surface area contributed by atoms with Crippen molar-refractivity contribution >= 4 is 5.69 Å². The Morgan fingerprint density at radius 2 is 2.29 bits per heavy atom. The standard InChI is InChI=1S/C11H16FN2/c1-14(2)9-5-8-13-11-7-4-3-6-10(11)12/h4,6-7,13H,5,8-9H2,1-2H3. The van der Waals surface area contributed by atoms with Gasteiger partial charge in [-0.2, -0.15) is 0 Å². The molecular formula is C11H16FN2. The predicted octanol–water partition coefficient (Wildman–Crippen LogP) is 1.99. The van der Waals surface area contributed by atoms with Gasteiger partial charge < -0.3 is 10.2 Å². The minimum absolute atomic E-state index is 0.239. The largest absolute Gasteiger partial charge is 0.383 e. The molecule has 0 heterocycles. The first-order valence-corrected chi connectivity index (χ1v) is 4.74. The maximum Gasteiger partial charge on any atom is 0.146 e. The maximum absolute atomic E-state index is 13.1. The van der Waals surface area contributed by atoms with Gasteiger partial charge in [0, 0.05) is 6.54 Å². The van der Waals surface area contributed by atoms with Crippen molar-refractivity contribution < 1.29 is 4.39 Å². The van der Waals surface area contributed by atoms with Crippen LogP contribution in [0.25, 0.3) is 0 Å². The Labute approximate surface area is 84.7 Å². The van der Waals surface area contributed by atoms with Gasteiger partial charge in [0.05, 0.1) is 5.69 Å². The van der Waals surface area contributed by atoms with Gasteiger partial charge in [-0.25, -0.2) is 4.39 Å². The maximum atomic E-state index is 13.1. The highest BCUT2D eigenvalue weighted by atomic mass is 19.1. The highest BCUT2D eigenvalue weighted by molar-refractivity contribution is 5.43. The molecule has 0 saturated heterocycles. The first-order valence-electron chi connectivity index (χ1n) is 4.74. The second kappa shape index (κ2) is 5.60. The van der Waals surface area contributed by atoms with Crippen LogP contribution in [0.4, 0.5) is 10.1 Å². The fraction of sp³-hybridized carbons (Fsp3) is 0.455. The van der Waals surface area contributed by atoms with Crippen LogP contribution in [0.5, 0.6) is 0 Å². The first kappa shape index (κ1) is 11.0. The molecule has 1 aromatic rings. The summed E-state index contributed by atoms with van der Waals surface area (Å²) in [4.78, 5) is 2.11. The van der Waals surface area contributed by atoms with E-state index in [2.05, 4.69) is 16.3 Å². The molecule has 1 N–H and O–H groups in total. The number of nitrogens with zero attached hydrogens (tertiary/aromatic N) is 1. The summed E-state index contributed by atoms with van der Waals surface area (Å²) in [6.45, 7) is 1.80. The molecule has 0 spiro atoms. The lowest BCUT2D eigenvalue weighted by Crippen LogP contribution is -2.16. The number of hydrogen-bond donors (Lipinski definition) is 1. The Balaban J connectivity index is 2.28. The number of nitrogens with one attached hydrogen (secondary N) is 1. The molecule has 0 aliphatic heterocycles. The number of anilines is 1. The monoisotopic (exact) mass is 195 g/mol. The molecule has 0 saturated carbocycles. The Bertz CT molecular complexity index is 274. The molecule has 0 aliphatic carbocycles. The van der Waals surface area contributed by atoms with Crippen molar-refractivity contribution in [2.45, 2.75) is 6.42 Å². The summed E-state index contributed by atoms with van der Waals surface area (Å²) in [5, 5.41) is 3.05. The molecule has 0 atom stereocenters. The van der Waals surface area contributed by atoms with Gasteiger partial charge >= 0.3 is 0 Å². The van der Waals surface area contributed by atoms with Crippen LogP contribution in [0.15, 0.2) is 18.2 Å². The number of rotatable bonds is 5. The van der Waals surface area contributed by atoms with Gasteiger partial charge in [0.25, 0.3) is 0 Å². The van der Waals surface area contributed by atoms with E-state index < -0.39 is 0 Å². The van der Waals surface area contributed by atoms with Crippen molar-refractivity contribution in [3.05, 3.63) is 30.1 Å². The van der Waals surface area contributed by atoms with Crippen LogP contribution in [0, 0.1) is 11.9 Å². The zero-order chi connectivity index (χ0) is 10.4. The van der Waals surface area contributed by atoms with Crippen LogP contribution in [0.2, 0.25) is 0 Å². The van der Waals surface area contributed by atoms with Crippen LogP contribution >= 0.6 is 0 Å². The molecule has 0 aliphatic rings. The van der Waals surface area contributed by atoms with Crippen molar-refractivity contribution in [1.29, 1.82) is 0 Å². The highest BCUT2D eigenvalue weighted by Gasteiger charge is 1.98. The minimum atomic E-state index is -0.239. The second-order valence-electron chi connectivity index (χ2n) is 3.49. The summed E-state index contributed by atoms with van der Waals surface area (Å²) >= 11 is 0. The predicted molar refractivity (Wildman–Crippen MR) is 56.9 cm³/mol. The Hall–Kier alpha value is -1.09. The molecule has 0 bridgehead atoms. The summed E-state index contributed by atoms with van der Waals surface area (Å²) in [7, 11) is 4.05. The quantitative estimate of drug-likeness (QED) is 0.723. The van der Waals surface area contributed by atoms with Crippen LogP contribution in [0.3, 0.4) is 0 Å². The van der Waals surface area contributed by atoms with E-state index in [4.69, 9.17) is 0 Å². The zero-order valence-corrected chi connectivity index (χ0v) is 8.68. The van der Waals surface area contributed by atoms with E-state index in [9.17, 15) is 4.39 Å². The van der Waals surface area contributed by atoms with Crippen molar-refractivity contribution in [3.8, 4) is 0 Å². The van der Waals surface area contributed by atoms with Gasteiger partial charge in [-0.1, -0.05) is 6.07 Å². The fourth-order valence-electron chi connectivity index (χ4n) is 1.17. The topological polar surface area (TPSA) is 15.3 Å². The molecule has 0 amide bonds. The number of halogens is 1. The van der Waals surface area contributed by atoms with Crippen LogP contribution in [-0.2, 0) is 0 Å². The molecule has 1 radical (unpaired) electrons. The lowest BCUT2D eigenvalue weighted by Gasteiger charge is -2.10. The third-order valence-electron chi connectivity index (χ3n) is 1.91. The van der Waals surface area contributed by atoms with Gasteiger partial charge in [0.2, 0.25) is 0 Å². The van der Waals surface area contributed by atoms with Gasteiger partial charge in [0.15, 0.2) is 0 Å². The summed E-state index contributed by atoms with van der Waals surface area (Å²) in [6, 6.07) is 7.43. The van der Waals surface area contributed by atoms with Crippen LogP contribution in [-0.4, -0.2) is 32.1 Å². The summed E-state index contributed by atoms with van der Waals surface area (Å²) in [5.74, 6) is -0.239. The molecule has 1 aromatic carbocycles. The van der Waals surface area contributed by atoms with Crippen molar-refractivity contribution in [1.82, 2.24) is 4.90 Å². The third kappa shape index (κ3) is 3.75. The lowest BCUT2D eigenvalue weighted by molar-refractivity contribution is 0.405. The van der Waals surface area contributed by atoms with Gasteiger partial charge in [-0.05, 0) is 45.3 Å². The normalized spacial score (nSPS) is 10.6. The van der Waals surface area contributed by atoms with Gasteiger partial charge in [0.1, 0.15) is 5.82 Å². The van der Waals surface area contributed by atoms with E-state index >= 15 is 0 Å². The number of hydrogen-bond acceptors (Lipinski definition) is 2. The fourth-order valence-corrected chi connectivity index (χ4v) is 1.17. The molecular weight excluding hydrogens is 179 g/mol. The van der Waals surface area contributed by atoms with E-state index in [0.717, 1.165) is 19.5 Å². The average molecular weight is 195 g/mol. The summed E-state index contributed by atoms with van der Waals surface area (Å²) in [5.41, 5.74) is 0.558. The molecule has 3 heteroatoms. The smallest absolute Gasteiger partial charge is 0.146 e. The van der Waals surface area contributed by atoms with E-state index in [-0.39, 0.29) is 5.82 Å². The Morgan fingerprint density at radius 1 is 1.50 bits per heavy atom. The highest BCUT2D eigenvalue weighted by Crippen LogP contribution is 2.11. The van der Waals surface area contributed by atoms with E-state index in [1.165, 1.54) is 6.07 Å². The van der Waals surface area contributed by atoms with Gasteiger partial charge in [-0.3, -0.25) is 0 Å². The second-order valence-corrected chi connectivity index (χ2v) is 3.49. The third-order valence-corrected chi connectivity index (χ3v) is 1.91. The summed E-state index contributed by atoms with van der Waals surface area (Å²) < 4.78 is 13.1. The van der Waals surface area contributed by atoms with Gasteiger partial charge in [-0.15, -0.1) is 0 Å². The van der Waals surface area contributed by atoms with E-state index in [1.54, 1.807) is 12.1 Å². The van der Waals surface area contributed by atoms with Crippen molar-refractivity contribution in [2.24, 2.45) is 0 Å². The SMILES string of the molecule is CN(C)CCCNc1cc[c]cc1F. The zero-order valence-electron chi connectivity index (χ0n) is 8.68. The average Bonchev–Trinajstić information content (AvgIpc) is 2.15. The van der Waals surface area contributed by atoms with Crippen molar-refractivity contribution in [3.63, 3.8) is 0 Å². The number of benzene rings is 1. The van der Waals surface area contributed by atoms with Crippen molar-refractivity contribution in [2.75, 3.05) is 32.5 Å². The minimum Gasteiger partial charge on any atom is -0.383 e. The first-order chi connectivity index (χ1) is 6.70. The van der Waals surface area contributed by atoms with E-state index in [0.29, 0.717) is 5.69 Å². The molecule has 0 aromatic heterocycles. The molecule has 0 fully saturated rings. The Morgan fingerprint density at radius 3 is 2.93 bits per heavy atom. The molecule has 77 valence electrons. The summed E-state index contributed by atoms with van der Waals surface area (Å²) in [6.07, 6.45) is 1.01. The van der Waals surface area contributed by atoms with Crippen LogP contribution < -0.4 is 5.32 Å². The van der Waals surface area contributed by atoms with Crippen LogP contribution in [0.1, 0.15) is 6.42 Å². The van der Waals surface area contributed by atoms with E-state index in [1.807, 2.05) is 14.1 Å². The molecule has 14 heavy (non-hydrogen) atoms. The lowest BCUT2D eigenvalue weighted by atomic mass is 10.3. The molecule has 2 nitrogen and oxygen atoms in total. The molecule has 1 rings (SSSR count). The molecule has 0 unspecified atom stereocenters.